The summed E-state index contributed by atoms with van der Waals surface area (Å²) in [7, 11) is 0. The van der Waals surface area contributed by atoms with Crippen LogP contribution in [0, 0.1) is 0 Å². The second-order valence-corrected chi connectivity index (χ2v) is 3.16. The highest BCUT2D eigenvalue weighted by Gasteiger charge is 2.11. The van der Waals surface area contributed by atoms with Gasteiger partial charge in [-0.05, 0) is 28.1 Å². The van der Waals surface area contributed by atoms with Crippen molar-refractivity contribution in [1.82, 2.24) is 0 Å². The predicted octanol–water partition coefficient (Wildman–Crippen LogP) is 3.22. The molecule has 66 valence electrons. The third-order valence-electron chi connectivity index (χ3n) is 1.18. The molecular formula is C7H5BrCl2O2. The molecule has 0 aliphatic carbocycles. The van der Waals surface area contributed by atoms with Gasteiger partial charge in [-0.25, -0.2) is 4.79 Å². The number of benzene rings is 1. The third kappa shape index (κ3) is 2.37. The van der Waals surface area contributed by atoms with Crippen LogP contribution in [0.2, 0.25) is 5.02 Å². The Balaban J connectivity index is 0.00000121. The molecule has 0 amide bonds. The maximum Gasteiger partial charge on any atom is 0.338 e. The normalized spacial score (nSPS) is 8.83. The topological polar surface area (TPSA) is 37.3 Å². The van der Waals surface area contributed by atoms with E-state index in [9.17, 15) is 4.79 Å². The van der Waals surface area contributed by atoms with E-state index in [0.29, 0.717) is 4.47 Å². The summed E-state index contributed by atoms with van der Waals surface area (Å²) in [6.45, 7) is 0. The molecule has 1 aromatic rings. The number of hydrogen-bond acceptors (Lipinski definition) is 1. The molecule has 0 spiro atoms. The molecule has 1 rings (SSSR count). The Morgan fingerprint density at radius 1 is 1.50 bits per heavy atom. The summed E-state index contributed by atoms with van der Waals surface area (Å²) in [5, 5.41) is 8.87. The van der Waals surface area contributed by atoms with E-state index >= 15 is 0 Å². The Morgan fingerprint density at radius 3 is 2.42 bits per heavy atom. The van der Waals surface area contributed by atoms with Crippen LogP contribution in [0.15, 0.2) is 22.7 Å². The van der Waals surface area contributed by atoms with Crippen LogP contribution in [-0.4, -0.2) is 11.1 Å². The van der Waals surface area contributed by atoms with Crippen LogP contribution in [-0.2, 0) is 0 Å². The molecule has 12 heavy (non-hydrogen) atoms. The fourth-order valence-corrected chi connectivity index (χ4v) is 1.61. The Hall–Kier alpha value is -0.250. The number of aromatic carboxylic acids is 1. The van der Waals surface area contributed by atoms with Gasteiger partial charge >= 0.3 is 5.97 Å². The number of hydrogen-bond donors (Lipinski definition) is 1. The molecule has 1 aromatic carbocycles. The summed E-state index contributed by atoms with van der Waals surface area (Å²) in [6.07, 6.45) is 0. The van der Waals surface area contributed by atoms with Gasteiger partial charge in [0, 0.05) is 4.47 Å². The van der Waals surface area contributed by atoms with Crippen LogP contribution in [0.5, 0.6) is 0 Å². The number of rotatable bonds is 1. The van der Waals surface area contributed by atoms with Gasteiger partial charge in [0.05, 0.1) is 10.6 Å². The average Bonchev–Trinajstić information content (AvgIpc) is 1.85. The Labute approximate surface area is 89.1 Å². The molecule has 1 N–H and O–H groups in total. The third-order valence-corrected chi connectivity index (χ3v) is 2.15. The van der Waals surface area contributed by atoms with E-state index in [0.717, 1.165) is 0 Å². The molecular weight excluding hydrogens is 267 g/mol. The van der Waals surface area contributed by atoms with Crippen molar-refractivity contribution >= 4 is 45.9 Å². The van der Waals surface area contributed by atoms with Crippen LogP contribution >= 0.6 is 39.9 Å². The molecule has 0 aliphatic rings. The maximum atomic E-state index is 10.5. The lowest BCUT2D eigenvalue weighted by Gasteiger charge is -1.99. The highest BCUT2D eigenvalue weighted by Crippen LogP contribution is 2.24. The SMILES string of the molecule is Cl.O=C(O)c1c(Cl)cccc1Br. The van der Waals surface area contributed by atoms with Crippen molar-refractivity contribution in [3.63, 3.8) is 0 Å². The van der Waals surface area contributed by atoms with E-state index in [1.54, 1.807) is 12.1 Å². The molecule has 5 heteroatoms. The van der Waals surface area contributed by atoms with Crippen molar-refractivity contribution in [1.29, 1.82) is 0 Å². The molecule has 0 saturated carbocycles. The summed E-state index contributed by atoms with van der Waals surface area (Å²) in [5.74, 6) is -1.03. The van der Waals surface area contributed by atoms with Crippen LogP contribution < -0.4 is 0 Å². The van der Waals surface area contributed by atoms with Gasteiger partial charge in [0.25, 0.3) is 0 Å². The quantitative estimate of drug-likeness (QED) is 0.852. The Bertz CT molecular complexity index is 281. The van der Waals surface area contributed by atoms with E-state index < -0.39 is 5.97 Å². The van der Waals surface area contributed by atoms with Crippen molar-refractivity contribution in [3.05, 3.63) is 33.3 Å². The van der Waals surface area contributed by atoms with E-state index in [1.807, 2.05) is 0 Å². The zero-order valence-corrected chi connectivity index (χ0v) is 8.91. The van der Waals surface area contributed by atoms with Gasteiger partial charge in [0.2, 0.25) is 0 Å². The van der Waals surface area contributed by atoms with E-state index in [-0.39, 0.29) is 23.0 Å². The predicted molar refractivity (Wildman–Crippen MR) is 53.4 cm³/mol. The van der Waals surface area contributed by atoms with Crippen molar-refractivity contribution in [2.24, 2.45) is 0 Å². The van der Waals surface area contributed by atoms with Crippen molar-refractivity contribution < 1.29 is 9.90 Å². The van der Waals surface area contributed by atoms with Gasteiger partial charge in [0.15, 0.2) is 0 Å². The zero-order valence-electron chi connectivity index (χ0n) is 5.75. The molecule has 0 atom stereocenters. The first kappa shape index (κ1) is 11.8. The molecule has 0 saturated heterocycles. The molecule has 0 aromatic heterocycles. The number of carboxylic acids is 1. The van der Waals surface area contributed by atoms with Gasteiger partial charge in [0.1, 0.15) is 0 Å². The molecule has 0 heterocycles. The highest BCUT2D eigenvalue weighted by molar-refractivity contribution is 9.10. The van der Waals surface area contributed by atoms with Crippen LogP contribution in [0.3, 0.4) is 0 Å². The lowest BCUT2D eigenvalue weighted by atomic mass is 10.2. The second-order valence-electron chi connectivity index (χ2n) is 1.90. The molecule has 0 aliphatic heterocycles. The van der Waals surface area contributed by atoms with Crippen LogP contribution in [0.1, 0.15) is 10.4 Å². The minimum absolute atomic E-state index is 0. The largest absolute Gasteiger partial charge is 0.478 e. The number of carboxylic acid groups (broad SMARTS) is 1. The standard InChI is InChI=1S/C7H4BrClO2.ClH/c8-4-2-1-3-5(9)6(4)7(10)11;/h1-3H,(H,10,11);1H. The fraction of sp³-hybridized carbons (Fsp3) is 0. The molecule has 2 nitrogen and oxygen atoms in total. The summed E-state index contributed by atoms with van der Waals surface area (Å²) in [5.41, 5.74) is 0.106. The van der Waals surface area contributed by atoms with Gasteiger partial charge in [-0.15, -0.1) is 12.4 Å². The van der Waals surface area contributed by atoms with Crippen molar-refractivity contribution in [2.75, 3.05) is 0 Å². The summed E-state index contributed by atoms with van der Waals surface area (Å²) in [4.78, 5) is 10.5. The summed E-state index contributed by atoms with van der Waals surface area (Å²) < 4.78 is 0.498. The molecule has 0 fully saturated rings. The van der Waals surface area contributed by atoms with Gasteiger partial charge in [-0.1, -0.05) is 17.7 Å². The van der Waals surface area contributed by atoms with Crippen LogP contribution in [0.4, 0.5) is 0 Å². The molecule has 0 radical (unpaired) electrons. The van der Waals surface area contributed by atoms with Gasteiger partial charge < -0.3 is 5.11 Å². The highest BCUT2D eigenvalue weighted by atomic mass is 79.9. The Kier molecular flexibility index (Phi) is 4.60. The molecule has 0 bridgehead atoms. The van der Waals surface area contributed by atoms with E-state index in [2.05, 4.69) is 15.9 Å². The maximum absolute atomic E-state index is 10.5. The van der Waals surface area contributed by atoms with E-state index in [4.69, 9.17) is 16.7 Å². The zero-order chi connectivity index (χ0) is 8.43. The second kappa shape index (κ2) is 4.70. The number of halogens is 3. The minimum atomic E-state index is -1.03. The first-order chi connectivity index (χ1) is 5.13. The lowest BCUT2D eigenvalue weighted by molar-refractivity contribution is 0.0696. The number of carbonyl (C=O) groups is 1. The monoisotopic (exact) mass is 270 g/mol. The van der Waals surface area contributed by atoms with Gasteiger partial charge in [-0.3, -0.25) is 0 Å². The minimum Gasteiger partial charge on any atom is -0.478 e. The smallest absolute Gasteiger partial charge is 0.338 e. The molecule has 0 unspecified atom stereocenters. The fourth-order valence-electron chi connectivity index (χ4n) is 0.702. The van der Waals surface area contributed by atoms with Crippen molar-refractivity contribution in [2.45, 2.75) is 0 Å². The van der Waals surface area contributed by atoms with Crippen molar-refractivity contribution in [3.8, 4) is 0 Å². The lowest BCUT2D eigenvalue weighted by Crippen LogP contribution is -1.98. The van der Waals surface area contributed by atoms with Gasteiger partial charge in [-0.2, -0.15) is 0 Å². The van der Waals surface area contributed by atoms with Crippen LogP contribution in [0.25, 0.3) is 0 Å². The first-order valence-electron chi connectivity index (χ1n) is 2.80. The first-order valence-corrected chi connectivity index (χ1v) is 3.97. The average molecular weight is 272 g/mol. The van der Waals surface area contributed by atoms with E-state index in [1.165, 1.54) is 6.07 Å². The summed E-state index contributed by atoms with van der Waals surface area (Å²) >= 11 is 8.70. The summed E-state index contributed by atoms with van der Waals surface area (Å²) in [6, 6.07) is 4.85. The Morgan fingerprint density at radius 2 is 2.08 bits per heavy atom.